The fourth-order valence-electron chi connectivity index (χ4n) is 2.79. The number of carbonyl (C=O) groups is 1. The Morgan fingerprint density at radius 3 is 2.78 bits per heavy atom. The first-order valence-corrected chi connectivity index (χ1v) is 9.13. The van der Waals surface area contributed by atoms with Crippen LogP contribution in [0.3, 0.4) is 0 Å². The quantitative estimate of drug-likeness (QED) is 0.488. The van der Waals surface area contributed by atoms with Gasteiger partial charge in [-0.15, -0.1) is 0 Å². The molecule has 27 heavy (non-hydrogen) atoms. The van der Waals surface area contributed by atoms with Gasteiger partial charge in [0.15, 0.2) is 16.3 Å². The molecule has 2 heterocycles. The minimum absolute atomic E-state index is 0.0138. The number of hydrogen-bond acceptors (Lipinski definition) is 6. The van der Waals surface area contributed by atoms with Gasteiger partial charge in [0.05, 0.1) is 25.7 Å². The number of carbonyl (C=O) groups excluding carboxylic acids is 1. The summed E-state index contributed by atoms with van der Waals surface area (Å²) in [5, 5.41) is 11.1. The summed E-state index contributed by atoms with van der Waals surface area (Å²) in [5.41, 5.74) is 0.631. The Hall–Kier alpha value is -2.91. The predicted molar refractivity (Wildman–Crippen MR) is 99.6 cm³/mol. The Morgan fingerprint density at radius 1 is 1.33 bits per heavy atom. The molecule has 0 unspecified atom stereocenters. The lowest BCUT2D eigenvalue weighted by Crippen LogP contribution is -2.16. The van der Waals surface area contributed by atoms with Gasteiger partial charge in [-0.2, -0.15) is 4.99 Å². The molecule has 8 nitrogen and oxygen atoms in total. The zero-order valence-corrected chi connectivity index (χ0v) is 15.5. The molecule has 138 valence electrons. The maximum atomic E-state index is 12.6. The molecule has 10 heteroatoms. The van der Waals surface area contributed by atoms with Crippen molar-refractivity contribution in [3.63, 3.8) is 0 Å². The van der Waals surface area contributed by atoms with Crippen LogP contribution in [-0.4, -0.2) is 22.2 Å². The van der Waals surface area contributed by atoms with E-state index in [1.807, 2.05) is 23.6 Å². The fourth-order valence-corrected chi connectivity index (χ4v) is 4.09. The van der Waals surface area contributed by atoms with Gasteiger partial charge in [-0.25, -0.2) is 0 Å². The van der Waals surface area contributed by atoms with E-state index in [9.17, 15) is 14.9 Å². The highest BCUT2D eigenvalue weighted by Gasteiger charge is 2.19. The lowest BCUT2D eigenvalue weighted by atomic mass is 10.2. The number of amides is 1. The summed E-state index contributed by atoms with van der Waals surface area (Å²) in [5.74, 6) is 0.645. The Morgan fingerprint density at radius 2 is 2.07 bits per heavy atom. The maximum Gasteiger partial charge on any atom is 0.281 e. The molecule has 0 N–H and O–H groups in total. The Balaban J connectivity index is 1.84. The van der Waals surface area contributed by atoms with Gasteiger partial charge in [0.2, 0.25) is 6.79 Å². The SMILES string of the molecule is CCn1c(=NC(=O)c2cc([N+](=O)[O-])ccc2Cl)sc2cc3c(cc21)OCO3. The third-order valence-electron chi connectivity index (χ3n) is 4.08. The third kappa shape index (κ3) is 3.04. The van der Waals surface area contributed by atoms with E-state index in [0.29, 0.717) is 22.8 Å². The fraction of sp³-hybridized carbons (Fsp3) is 0.176. The minimum atomic E-state index is -0.641. The molecule has 0 saturated heterocycles. The zero-order valence-electron chi connectivity index (χ0n) is 14.0. The summed E-state index contributed by atoms with van der Waals surface area (Å²) < 4.78 is 13.5. The highest BCUT2D eigenvalue weighted by atomic mass is 35.5. The monoisotopic (exact) mass is 405 g/mol. The second kappa shape index (κ2) is 6.67. The van der Waals surface area contributed by atoms with Crippen molar-refractivity contribution in [2.24, 2.45) is 4.99 Å². The van der Waals surface area contributed by atoms with Gasteiger partial charge >= 0.3 is 0 Å². The normalized spacial score (nSPS) is 13.3. The number of ether oxygens (including phenoxy) is 2. The predicted octanol–water partition coefficient (Wildman–Crippen LogP) is 3.75. The molecule has 1 aliphatic rings. The van der Waals surface area contributed by atoms with Crippen molar-refractivity contribution in [1.82, 2.24) is 4.57 Å². The van der Waals surface area contributed by atoms with Crippen molar-refractivity contribution in [3.8, 4) is 11.5 Å². The summed E-state index contributed by atoms with van der Waals surface area (Å²) in [6.45, 7) is 2.69. The number of benzene rings is 2. The zero-order chi connectivity index (χ0) is 19.1. The smallest absolute Gasteiger partial charge is 0.281 e. The molecule has 0 radical (unpaired) electrons. The number of fused-ring (bicyclic) bond motifs is 2. The molecule has 0 bridgehead atoms. The first-order chi connectivity index (χ1) is 13.0. The highest BCUT2D eigenvalue weighted by Crippen LogP contribution is 2.37. The molecule has 1 aliphatic heterocycles. The van der Waals surface area contributed by atoms with E-state index in [4.69, 9.17) is 21.1 Å². The number of aryl methyl sites for hydroxylation is 1. The molecule has 3 aromatic rings. The third-order valence-corrected chi connectivity index (χ3v) is 5.45. The average Bonchev–Trinajstić information content (AvgIpc) is 3.22. The van der Waals surface area contributed by atoms with Gasteiger partial charge in [0.25, 0.3) is 11.6 Å². The first kappa shape index (κ1) is 17.5. The van der Waals surface area contributed by atoms with Gasteiger partial charge in [-0.05, 0) is 13.0 Å². The van der Waals surface area contributed by atoms with Crippen molar-refractivity contribution < 1.29 is 19.2 Å². The molecular formula is C17H12ClN3O5S. The Labute approximate surface area is 161 Å². The minimum Gasteiger partial charge on any atom is -0.454 e. The van der Waals surface area contributed by atoms with Crippen LogP contribution >= 0.6 is 22.9 Å². The van der Waals surface area contributed by atoms with Crippen LogP contribution in [0.4, 0.5) is 5.69 Å². The van der Waals surface area contributed by atoms with Crippen LogP contribution in [0.5, 0.6) is 11.5 Å². The number of halogens is 1. The van der Waals surface area contributed by atoms with E-state index in [-0.39, 0.29) is 23.1 Å². The second-order valence-corrected chi connectivity index (χ2v) is 7.06. The molecule has 0 atom stereocenters. The molecular weight excluding hydrogens is 394 g/mol. The van der Waals surface area contributed by atoms with E-state index in [1.54, 1.807) is 0 Å². The molecule has 1 aromatic heterocycles. The van der Waals surface area contributed by atoms with Crippen molar-refractivity contribution in [2.75, 3.05) is 6.79 Å². The summed E-state index contributed by atoms with van der Waals surface area (Å²) >= 11 is 7.36. The van der Waals surface area contributed by atoms with Crippen molar-refractivity contribution in [3.05, 3.63) is 55.8 Å². The summed E-state index contributed by atoms with van der Waals surface area (Å²) in [4.78, 5) is 27.6. The van der Waals surface area contributed by atoms with E-state index < -0.39 is 10.8 Å². The Kier molecular flexibility index (Phi) is 4.33. The number of thiazole rings is 1. The van der Waals surface area contributed by atoms with Crippen LogP contribution in [0, 0.1) is 10.1 Å². The van der Waals surface area contributed by atoms with Gasteiger partial charge in [0.1, 0.15) is 0 Å². The van der Waals surface area contributed by atoms with Crippen LogP contribution in [0.2, 0.25) is 5.02 Å². The topological polar surface area (TPSA) is 96.0 Å². The largest absolute Gasteiger partial charge is 0.454 e. The number of hydrogen-bond donors (Lipinski definition) is 0. The average molecular weight is 406 g/mol. The second-order valence-electron chi connectivity index (χ2n) is 5.64. The number of aromatic nitrogens is 1. The first-order valence-electron chi connectivity index (χ1n) is 7.94. The van der Waals surface area contributed by atoms with Gasteiger partial charge in [-0.1, -0.05) is 22.9 Å². The lowest BCUT2D eigenvalue weighted by Gasteiger charge is -2.02. The number of nitro groups is 1. The van der Waals surface area contributed by atoms with E-state index in [2.05, 4.69) is 4.99 Å². The maximum absolute atomic E-state index is 12.6. The van der Waals surface area contributed by atoms with Gasteiger partial charge in [-0.3, -0.25) is 14.9 Å². The molecule has 0 fully saturated rings. The molecule has 0 aliphatic carbocycles. The summed E-state index contributed by atoms with van der Waals surface area (Å²) in [6.07, 6.45) is 0. The lowest BCUT2D eigenvalue weighted by molar-refractivity contribution is -0.384. The van der Waals surface area contributed by atoms with Crippen molar-refractivity contribution in [1.29, 1.82) is 0 Å². The van der Waals surface area contributed by atoms with Crippen LogP contribution in [0.25, 0.3) is 10.2 Å². The van der Waals surface area contributed by atoms with Gasteiger partial charge in [0, 0.05) is 30.8 Å². The van der Waals surface area contributed by atoms with Gasteiger partial charge < -0.3 is 14.0 Å². The van der Waals surface area contributed by atoms with Crippen LogP contribution in [-0.2, 0) is 6.54 Å². The highest BCUT2D eigenvalue weighted by molar-refractivity contribution is 7.16. The molecule has 0 spiro atoms. The van der Waals surface area contributed by atoms with E-state index in [1.165, 1.54) is 23.5 Å². The summed E-state index contributed by atoms with van der Waals surface area (Å²) in [7, 11) is 0. The molecule has 2 aromatic carbocycles. The molecule has 4 rings (SSSR count). The Bertz CT molecular complexity index is 1170. The number of rotatable bonds is 3. The number of nitrogens with zero attached hydrogens (tertiary/aromatic N) is 3. The molecule has 1 amide bonds. The number of non-ortho nitro benzene ring substituents is 1. The van der Waals surface area contributed by atoms with Crippen LogP contribution < -0.4 is 14.3 Å². The van der Waals surface area contributed by atoms with Crippen LogP contribution in [0.1, 0.15) is 17.3 Å². The van der Waals surface area contributed by atoms with E-state index in [0.717, 1.165) is 16.3 Å². The summed E-state index contributed by atoms with van der Waals surface area (Å²) in [6, 6.07) is 7.39. The van der Waals surface area contributed by atoms with E-state index >= 15 is 0 Å². The van der Waals surface area contributed by atoms with Crippen molar-refractivity contribution in [2.45, 2.75) is 13.5 Å². The van der Waals surface area contributed by atoms with Crippen molar-refractivity contribution >= 4 is 44.7 Å². The van der Waals surface area contributed by atoms with Crippen LogP contribution in [0.15, 0.2) is 35.3 Å². The molecule has 0 saturated carbocycles. The number of nitro benzene ring substituents is 1. The standard InChI is InChI=1S/C17H12ClN3O5S/c1-2-20-12-6-13-14(26-8-25-13)7-15(12)27-17(20)19-16(22)10-5-9(21(23)24)3-4-11(10)18/h3-7H,2,8H2,1H3.